The van der Waals surface area contributed by atoms with E-state index in [-0.39, 0.29) is 11.3 Å². The maximum atomic E-state index is 14.4. The minimum atomic E-state index is -0.700. The lowest BCUT2D eigenvalue weighted by Gasteiger charge is -2.33. The van der Waals surface area contributed by atoms with E-state index in [9.17, 15) is 13.6 Å². The van der Waals surface area contributed by atoms with Crippen LogP contribution >= 0.6 is 22.9 Å². The molecule has 1 saturated heterocycles. The molecule has 1 aliphatic heterocycles. The molecule has 0 saturated carbocycles. The number of rotatable bonds is 4. The third-order valence-electron chi connectivity index (χ3n) is 4.16. The molecule has 0 bridgehead atoms. The average Bonchev–Trinajstić information content (AvgIpc) is 3.00. The summed E-state index contributed by atoms with van der Waals surface area (Å²) >= 11 is 6.90. The molecule has 2 aromatic rings. The molecule has 0 spiro atoms. The van der Waals surface area contributed by atoms with Gasteiger partial charge in [-0.1, -0.05) is 22.9 Å². The normalized spacial score (nSPS) is 19.8. The molecule has 1 unspecified atom stereocenters. The van der Waals surface area contributed by atoms with Gasteiger partial charge >= 0.3 is 6.03 Å². The highest BCUT2D eigenvalue weighted by Crippen LogP contribution is 2.31. The summed E-state index contributed by atoms with van der Waals surface area (Å²) in [5.41, 5.74) is -0.0689. The van der Waals surface area contributed by atoms with Gasteiger partial charge in [0.2, 0.25) is 0 Å². The zero-order valence-corrected chi connectivity index (χ0v) is 15.4. The highest BCUT2D eigenvalue weighted by Gasteiger charge is 2.32. The molecular weight excluding hydrogens is 386 g/mol. The highest BCUT2D eigenvalue weighted by molar-refractivity contribution is 7.19. The SMILES string of the molecule is COc1cc(F)c(C2CNCC[C@H]2NC(=O)Nc2ncc(Cl)s2)c(F)c1. The van der Waals surface area contributed by atoms with Crippen molar-refractivity contribution >= 4 is 34.1 Å². The Balaban J connectivity index is 1.77. The first-order valence-corrected chi connectivity index (χ1v) is 9.10. The number of amides is 2. The van der Waals surface area contributed by atoms with Crippen molar-refractivity contribution in [3.05, 3.63) is 39.9 Å². The van der Waals surface area contributed by atoms with Gasteiger partial charge in [0, 0.05) is 36.2 Å². The maximum Gasteiger partial charge on any atom is 0.321 e. The summed E-state index contributed by atoms with van der Waals surface area (Å²) in [6.07, 6.45) is 1.96. The Bertz CT molecular complexity index is 781. The molecule has 2 atom stereocenters. The van der Waals surface area contributed by atoms with E-state index in [0.29, 0.717) is 29.0 Å². The number of ether oxygens (including phenoxy) is 1. The van der Waals surface area contributed by atoms with Crippen LogP contribution in [-0.4, -0.2) is 37.3 Å². The van der Waals surface area contributed by atoms with E-state index in [1.807, 2.05) is 0 Å². The molecule has 0 aliphatic carbocycles. The Hall–Kier alpha value is -1.97. The lowest BCUT2D eigenvalue weighted by atomic mass is 9.86. The Morgan fingerprint density at radius 1 is 1.42 bits per heavy atom. The van der Waals surface area contributed by atoms with Crippen LogP contribution < -0.4 is 20.7 Å². The first-order chi connectivity index (χ1) is 12.5. The van der Waals surface area contributed by atoms with Crippen LogP contribution in [-0.2, 0) is 0 Å². The van der Waals surface area contributed by atoms with Crippen molar-refractivity contribution in [1.29, 1.82) is 0 Å². The fourth-order valence-electron chi connectivity index (χ4n) is 2.98. The van der Waals surface area contributed by atoms with Gasteiger partial charge in [-0.15, -0.1) is 0 Å². The van der Waals surface area contributed by atoms with Crippen molar-refractivity contribution in [2.24, 2.45) is 0 Å². The number of carbonyl (C=O) groups is 1. The average molecular weight is 403 g/mol. The Kier molecular flexibility index (Phi) is 5.90. The maximum absolute atomic E-state index is 14.4. The van der Waals surface area contributed by atoms with Crippen LogP contribution in [0.2, 0.25) is 4.34 Å². The lowest BCUT2D eigenvalue weighted by molar-refractivity contribution is 0.240. The third-order valence-corrected chi connectivity index (χ3v) is 5.19. The van der Waals surface area contributed by atoms with Crippen LogP contribution in [0.3, 0.4) is 0 Å². The van der Waals surface area contributed by atoms with Gasteiger partial charge in [-0.05, 0) is 13.0 Å². The minimum absolute atomic E-state index is 0.0689. The summed E-state index contributed by atoms with van der Waals surface area (Å²) in [7, 11) is 1.34. The summed E-state index contributed by atoms with van der Waals surface area (Å²) in [5, 5.41) is 8.81. The van der Waals surface area contributed by atoms with Crippen LogP contribution in [0.5, 0.6) is 5.75 Å². The number of benzene rings is 1. The molecule has 2 heterocycles. The molecule has 0 radical (unpaired) electrons. The highest BCUT2D eigenvalue weighted by atomic mass is 35.5. The van der Waals surface area contributed by atoms with Gasteiger partial charge in [-0.3, -0.25) is 5.32 Å². The van der Waals surface area contributed by atoms with Crippen LogP contribution in [0.15, 0.2) is 18.3 Å². The number of halogens is 3. The number of anilines is 1. The van der Waals surface area contributed by atoms with Gasteiger partial charge in [-0.25, -0.2) is 18.6 Å². The molecule has 140 valence electrons. The summed E-state index contributed by atoms with van der Waals surface area (Å²) < 4.78 is 34.2. The standard InChI is InChI=1S/C16H17ClF2N4O2S/c1-25-8-4-10(18)14(11(19)5-8)9-6-20-3-2-12(9)22-15(24)23-16-21-7-13(17)26-16/h4-5,7,9,12,20H,2-3,6H2,1H3,(H2,21,22,23,24)/t9?,12-/m1/s1. The Morgan fingerprint density at radius 3 is 2.77 bits per heavy atom. The molecule has 26 heavy (non-hydrogen) atoms. The van der Waals surface area contributed by atoms with E-state index in [1.54, 1.807) is 0 Å². The van der Waals surface area contributed by atoms with Gasteiger partial charge in [0.1, 0.15) is 21.7 Å². The van der Waals surface area contributed by atoms with E-state index in [1.165, 1.54) is 13.3 Å². The molecule has 1 aromatic heterocycles. The lowest BCUT2D eigenvalue weighted by Crippen LogP contribution is -2.49. The van der Waals surface area contributed by atoms with E-state index in [0.717, 1.165) is 23.5 Å². The number of nitrogens with zero attached hydrogens (tertiary/aromatic N) is 1. The number of hydrogen-bond donors (Lipinski definition) is 3. The van der Waals surface area contributed by atoms with Crippen molar-refractivity contribution in [2.75, 3.05) is 25.5 Å². The molecule has 1 fully saturated rings. The minimum Gasteiger partial charge on any atom is -0.497 e. The number of urea groups is 1. The second-order valence-corrected chi connectivity index (χ2v) is 7.44. The van der Waals surface area contributed by atoms with Crippen molar-refractivity contribution in [1.82, 2.24) is 15.6 Å². The summed E-state index contributed by atoms with van der Waals surface area (Å²) in [5.74, 6) is -1.85. The van der Waals surface area contributed by atoms with Crippen LogP contribution in [0, 0.1) is 11.6 Å². The van der Waals surface area contributed by atoms with Crippen LogP contribution in [0.1, 0.15) is 17.9 Å². The van der Waals surface area contributed by atoms with E-state index in [2.05, 4.69) is 20.9 Å². The van der Waals surface area contributed by atoms with Crippen molar-refractivity contribution < 1.29 is 18.3 Å². The number of methoxy groups -OCH3 is 1. The summed E-state index contributed by atoms with van der Waals surface area (Å²) in [6, 6.07) is 1.34. The smallest absolute Gasteiger partial charge is 0.321 e. The number of nitrogens with one attached hydrogen (secondary N) is 3. The second-order valence-electron chi connectivity index (χ2n) is 5.78. The molecule has 6 nitrogen and oxygen atoms in total. The Morgan fingerprint density at radius 2 is 2.15 bits per heavy atom. The third kappa shape index (κ3) is 4.22. The van der Waals surface area contributed by atoms with E-state index < -0.39 is 29.6 Å². The molecule has 2 amide bonds. The molecule has 10 heteroatoms. The monoisotopic (exact) mass is 402 g/mol. The van der Waals surface area contributed by atoms with Gasteiger partial charge in [0.15, 0.2) is 5.13 Å². The van der Waals surface area contributed by atoms with Gasteiger partial charge in [0.25, 0.3) is 0 Å². The first-order valence-electron chi connectivity index (χ1n) is 7.90. The quantitative estimate of drug-likeness (QED) is 0.733. The number of aromatic nitrogens is 1. The van der Waals surface area contributed by atoms with E-state index in [4.69, 9.17) is 16.3 Å². The largest absolute Gasteiger partial charge is 0.497 e. The molecular formula is C16H17ClF2N4O2S. The number of carbonyl (C=O) groups excluding carboxylic acids is 1. The van der Waals surface area contributed by atoms with Gasteiger partial charge < -0.3 is 15.4 Å². The molecule has 3 N–H and O–H groups in total. The Labute approximate surface area is 157 Å². The number of hydrogen-bond acceptors (Lipinski definition) is 5. The predicted octanol–water partition coefficient (Wildman–Crippen LogP) is 3.35. The second kappa shape index (κ2) is 8.15. The van der Waals surface area contributed by atoms with Crippen molar-refractivity contribution in [2.45, 2.75) is 18.4 Å². The number of piperidine rings is 1. The predicted molar refractivity (Wildman–Crippen MR) is 96.2 cm³/mol. The summed E-state index contributed by atoms with van der Waals surface area (Å²) in [4.78, 5) is 16.2. The molecule has 1 aliphatic rings. The number of thiazole rings is 1. The topological polar surface area (TPSA) is 75.3 Å². The van der Waals surface area contributed by atoms with Gasteiger partial charge in [-0.2, -0.15) is 0 Å². The summed E-state index contributed by atoms with van der Waals surface area (Å²) in [6.45, 7) is 0.970. The van der Waals surface area contributed by atoms with Crippen molar-refractivity contribution in [3.63, 3.8) is 0 Å². The fourth-order valence-corrected chi connectivity index (χ4v) is 3.79. The van der Waals surface area contributed by atoms with Crippen LogP contribution in [0.25, 0.3) is 0 Å². The van der Waals surface area contributed by atoms with Crippen LogP contribution in [0.4, 0.5) is 18.7 Å². The fraction of sp³-hybridized carbons (Fsp3) is 0.375. The first kappa shape index (κ1) is 18.8. The zero-order valence-electron chi connectivity index (χ0n) is 13.8. The van der Waals surface area contributed by atoms with Crippen molar-refractivity contribution in [3.8, 4) is 5.75 Å². The molecule has 1 aromatic carbocycles. The van der Waals surface area contributed by atoms with E-state index >= 15 is 0 Å². The molecule has 3 rings (SSSR count). The zero-order chi connectivity index (χ0) is 18.7. The van der Waals surface area contributed by atoms with Gasteiger partial charge in [0.05, 0.1) is 13.3 Å².